The highest BCUT2D eigenvalue weighted by Crippen LogP contribution is 2.51. The lowest BCUT2D eigenvalue weighted by Crippen LogP contribution is -2.56. The van der Waals surface area contributed by atoms with Gasteiger partial charge >= 0.3 is 0 Å². The summed E-state index contributed by atoms with van der Waals surface area (Å²) in [7, 11) is 0. The van der Waals surface area contributed by atoms with Crippen molar-refractivity contribution in [1.29, 1.82) is 0 Å². The van der Waals surface area contributed by atoms with Crippen LogP contribution >= 0.6 is 23.4 Å². The number of benzene rings is 3. The van der Waals surface area contributed by atoms with E-state index in [0.717, 1.165) is 29.1 Å². The fraction of sp³-hybridized carbons (Fsp3) is 0.222. The number of nitrogens with zero attached hydrogens (tertiary/aromatic N) is 4. The third-order valence-electron chi connectivity index (χ3n) is 6.11. The van der Waals surface area contributed by atoms with Crippen LogP contribution in [0.3, 0.4) is 0 Å². The average molecular weight is 489 g/mol. The second-order valence-corrected chi connectivity index (χ2v) is 10.2. The SMILES string of the molecule is CC(=O)C1=NN(c2ccccc2Cl)[C@@]2(CCC(c3cc(C)ccc3C)=NN2c2ccccc2)S1. The lowest BCUT2D eigenvalue weighted by Gasteiger charge is -2.46. The Balaban J connectivity index is 1.70. The van der Waals surface area contributed by atoms with E-state index in [4.69, 9.17) is 21.8 Å². The van der Waals surface area contributed by atoms with Gasteiger partial charge in [-0.05, 0) is 67.9 Å². The molecule has 1 spiro atoms. The summed E-state index contributed by atoms with van der Waals surface area (Å²) in [5.41, 5.74) is 6.23. The Kier molecular flexibility index (Phi) is 5.96. The van der Waals surface area contributed by atoms with E-state index in [-0.39, 0.29) is 5.78 Å². The number of hydrazone groups is 2. The fourth-order valence-electron chi connectivity index (χ4n) is 4.39. The third-order valence-corrected chi connectivity index (χ3v) is 7.87. The Bertz CT molecular complexity index is 1320. The second kappa shape index (κ2) is 8.93. The molecule has 0 amide bonds. The molecule has 7 heteroatoms. The van der Waals surface area contributed by atoms with Gasteiger partial charge < -0.3 is 0 Å². The summed E-state index contributed by atoms with van der Waals surface area (Å²) < 4.78 is 0. The first kappa shape index (κ1) is 22.7. The van der Waals surface area contributed by atoms with E-state index in [9.17, 15) is 4.79 Å². The fourth-order valence-corrected chi connectivity index (χ4v) is 5.84. The van der Waals surface area contributed by atoms with Gasteiger partial charge in [-0.25, -0.2) is 10.0 Å². The molecular weight excluding hydrogens is 464 g/mol. The Morgan fingerprint density at radius 3 is 2.44 bits per heavy atom. The van der Waals surface area contributed by atoms with Crippen LogP contribution in [0.1, 0.15) is 36.5 Å². The van der Waals surface area contributed by atoms with Crippen LogP contribution in [-0.2, 0) is 4.79 Å². The summed E-state index contributed by atoms with van der Waals surface area (Å²) in [5, 5.41) is 14.9. The monoisotopic (exact) mass is 488 g/mol. The first-order valence-electron chi connectivity index (χ1n) is 11.2. The smallest absolute Gasteiger partial charge is 0.208 e. The number of para-hydroxylation sites is 2. The second-order valence-electron chi connectivity index (χ2n) is 8.58. The van der Waals surface area contributed by atoms with Crippen LogP contribution in [0.4, 0.5) is 11.4 Å². The summed E-state index contributed by atoms with van der Waals surface area (Å²) in [6.45, 7) is 5.77. The lowest BCUT2D eigenvalue weighted by atomic mass is 9.96. The molecule has 0 bridgehead atoms. The molecule has 2 aliphatic rings. The number of halogens is 1. The first-order valence-corrected chi connectivity index (χ1v) is 12.4. The van der Waals surface area contributed by atoms with Gasteiger partial charge in [0.15, 0.2) is 10.8 Å². The van der Waals surface area contributed by atoms with Crippen molar-refractivity contribution in [2.24, 2.45) is 10.2 Å². The molecule has 5 rings (SSSR count). The summed E-state index contributed by atoms with van der Waals surface area (Å²) in [5.74, 6) is -0.0729. The average Bonchev–Trinajstić information content (AvgIpc) is 3.22. The minimum Gasteiger partial charge on any atom is -0.292 e. The molecule has 0 radical (unpaired) electrons. The number of rotatable bonds is 4. The molecule has 3 aromatic rings. The minimum absolute atomic E-state index is 0.0729. The topological polar surface area (TPSA) is 48.3 Å². The number of hydrogen-bond acceptors (Lipinski definition) is 6. The maximum absolute atomic E-state index is 12.5. The maximum atomic E-state index is 12.5. The highest BCUT2D eigenvalue weighted by atomic mass is 35.5. The van der Waals surface area contributed by atoms with E-state index >= 15 is 0 Å². The minimum atomic E-state index is -0.755. The Morgan fingerprint density at radius 1 is 0.971 bits per heavy atom. The molecule has 5 nitrogen and oxygen atoms in total. The Morgan fingerprint density at radius 2 is 1.71 bits per heavy atom. The number of carbonyl (C=O) groups is 1. The number of carbonyl (C=O) groups excluding carboxylic acids is 1. The maximum Gasteiger partial charge on any atom is 0.208 e. The Labute approximate surface area is 209 Å². The van der Waals surface area contributed by atoms with Gasteiger partial charge in [0.05, 0.1) is 22.1 Å². The van der Waals surface area contributed by atoms with Gasteiger partial charge in [0.25, 0.3) is 0 Å². The van der Waals surface area contributed by atoms with E-state index in [1.807, 2.05) is 64.6 Å². The zero-order valence-corrected chi connectivity index (χ0v) is 20.9. The van der Waals surface area contributed by atoms with Gasteiger partial charge in [-0.15, -0.1) is 0 Å². The molecule has 0 aliphatic carbocycles. The van der Waals surface area contributed by atoms with E-state index in [2.05, 4.69) is 32.0 Å². The van der Waals surface area contributed by atoms with Crippen molar-refractivity contribution in [1.82, 2.24) is 0 Å². The number of Topliss-reactive ketones (excluding diaryl/α,β-unsaturated/α-hetero) is 1. The van der Waals surface area contributed by atoms with Crippen LogP contribution in [0.25, 0.3) is 0 Å². The van der Waals surface area contributed by atoms with E-state index in [1.165, 1.54) is 22.9 Å². The van der Waals surface area contributed by atoms with Crippen molar-refractivity contribution in [3.8, 4) is 0 Å². The number of aryl methyl sites for hydroxylation is 2. The third kappa shape index (κ3) is 3.91. The van der Waals surface area contributed by atoms with Crippen LogP contribution in [0.15, 0.2) is 83.0 Å². The number of thioether (sulfide) groups is 1. The van der Waals surface area contributed by atoms with Crippen molar-refractivity contribution in [2.75, 3.05) is 10.0 Å². The normalized spacial score (nSPS) is 19.9. The highest BCUT2D eigenvalue weighted by molar-refractivity contribution is 8.17. The van der Waals surface area contributed by atoms with Crippen LogP contribution in [0.2, 0.25) is 5.02 Å². The van der Waals surface area contributed by atoms with Crippen LogP contribution in [0.5, 0.6) is 0 Å². The highest BCUT2D eigenvalue weighted by Gasteiger charge is 2.53. The van der Waals surface area contributed by atoms with Crippen LogP contribution in [-0.4, -0.2) is 21.5 Å². The van der Waals surface area contributed by atoms with Crippen molar-refractivity contribution in [3.05, 3.63) is 94.5 Å². The summed E-state index contributed by atoms with van der Waals surface area (Å²) >= 11 is 8.08. The van der Waals surface area contributed by atoms with Gasteiger partial charge in [-0.3, -0.25) is 4.79 Å². The zero-order valence-electron chi connectivity index (χ0n) is 19.3. The van der Waals surface area contributed by atoms with Gasteiger partial charge in [0.1, 0.15) is 0 Å². The molecule has 0 aromatic heterocycles. The van der Waals surface area contributed by atoms with Crippen LogP contribution < -0.4 is 10.0 Å². The molecule has 2 heterocycles. The Hall–Kier alpha value is -3.09. The van der Waals surface area contributed by atoms with Gasteiger partial charge in [-0.1, -0.05) is 59.6 Å². The molecule has 0 saturated heterocycles. The molecule has 0 fully saturated rings. The van der Waals surface area contributed by atoms with Gasteiger partial charge in [0, 0.05) is 18.9 Å². The standard InChI is InChI=1S/C27H25ClN4OS/c1-18-13-14-19(2)22(17-18)24-15-16-27(31(29-24)21-9-5-4-6-10-21)32(30-26(34-27)20(3)33)25-12-8-7-11-23(25)28/h4-14,17H,15-16H2,1-3H3/t27-/m0/s1. The molecule has 172 valence electrons. The van der Waals surface area contributed by atoms with E-state index in [1.54, 1.807) is 6.92 Å². The molecule has 0 N–H and O–H groups in total. The largest absolute Gasteiger partial charge is 0.292 e. The van der Waals surface area contributed by atoms with Gasteiger partial charge in [0.2, 0.25) is 4.99 Å². The number of ketones is 1. The molecule has 1 atom stereocenters. The number of hydrogen-bond donors (Lipinski definition) is 0. The van der Waals surface area contributed by atoms with Crippen LogP contribution in [0, 0.1) is 13.8 Å². The quantitative estimate of drug-likeness (QED) is 0.406. The van der Waals surface area contributed by atoms with E-state index < -0.39 is 4.99 Å². The van der Waals surface area contributed by atoms with E-state index in [0.29, 0.717) is 16.5 Å². The zero-order chi connectivity index (χ0) is 23.9. The summed E-state index contributed by atoms with van der Waals surface area (Å²) in [4.78, 5) is 11.7. The van der Waals surface area contributed by atoms with Crippen molar-refractivity contribution >= 4 is 51.3 Å². The summed E-state index contributed by atoms with van der Waals surface area (Å²) in [6.07, 6.45) is 1.44. The molecule has 2 aliphatic heterocycles. The summed E-state index contributed by atoms with van der Waals surface area (Å²) in [6, 6.07) is 24.1. The first-order chi connectivity index (χ1) is 16.4. The molecule has 0 unspecified atom stereocenters. The molecular formula is C27H25ClN4OS. The molecule has 0 saturated carbocycles. The number of anilines is 2. The predicted molar refractivity (Wildman–Crippen MR) is 143 cm³/mol. The van der Waals surface area contributed by atoms with Crippen molar-refractivity contribution < 1.29 is 4.79 Å². The van der Waals surface area contributed by atoms with Crippen molar-refractivity contribution in [2.45, 2.75) is 38.6 Å². The predicted octanol–water partition coefficient (Wildman–Crippen LogP) is 6.77. The molecule has 34 heavy (non-hydrogen) atoms. The molecule has 3 aromatic carbocycles. The van der Waals surface area contributed by atoms with Crippen molar-refractivity contribution in [3.63, 3.8) is 0 Å². The van der Waals surface area contributed by atoms with Gasteiger partial charge in [-0.2, -0.15) is 10.2 Å². The lowest BCUT2D eigenvalue weighted by molar-refractivity contribution is -0.110.